The van der Waals surface area contributed by atoms with Crippen molar-refractivity contribution < 1.29 is 48.8 Å². The van der Waals surface area contributed by atoms with E-state index in [2.05, 4.69) is 15.0 Å². The second-order valence-electron chi connectivity index (χ2n) is 7.27. The van der Waals surface area contributed by atoms with Crippen LogP contribution in [0.5, 0.6) is 5.75 Å². The molecule has 3 N–H and O–H groups in total. The highest BCUT2D eigenvalue weighted by molar-refractivity contribution is 7.89. The lowest BCUT2D eigenvalue weighted by atomic mass is 9.99. The van der Waals surface area contributed by atoms with Gasteiger partial charge in [0.15, 0.2) is 22.2 Å². The number of rotatable bonds is 6. The lowest BCUT2D eigenvalue weighted by Crippen LogP contribution is -2.49. The van der Waals surface area contributed by atoms with Crippen molar-refractivity contribution in [1.82, 2.24) is 4.98 Å². The van der Waals surface area contributed by atoms with Crippen LogP contribution in [0, 0.1) is 11.6 Å². The Hall–Kier alpha value is -3.04. The molecule has 186 valence electrons. The Bertz CT molecular complexity index is 1310. The molecule has 1 amide bonds. The fourth-order valence-corrected chi connectivity index (χ4v) is 4.04. The quantitative estimate of drug-likeness (QED) is 0.568. The van der Waals surface area contributed by atoms with Gasteiger partial charge in [0.05, 0.1) is 23.4 Å². The fourth-order valence-electron chi connectivity index (χ4n) is 3.54. The maximum Gasteiger partial charge on any atom is 0.419 e. The molecule has 3 rings (SSSR count). The number of aromatic nitrogens is 1. The van der Waals surface area contributed by atoms with Crippen molar-refractivity contribution in [1.29, 1.82) is 0 Å². The summed E-state index contributed by atoms with van der Waals surface area (Å²) in [5.41, 5.74) is -3.87. The molecule has 1 aromatic carbocycles. The minimum absolute atomic E-state index is 0.213. The lowest BCUT2D eigenvalue weighted by molar-refractivity contribution is -0.261. The van der Waals surface area contributed by atoms with E-state index in [-0.39, 0.29) is 5.69 Å². The molecular weight excluding hydrogens is 491 g/mol. The maximum absolute atomic E-state index is 14.6. The predicted molar refractivity (Wildman–Crippen MR) is 109 cm³/mol. The molecule has 1 saturated heterocycles. The molecule has 9 nitrogen and oxygen atoms in total. The molecule has 15 heteroatoms. The van der Waals surface area contributed by atoms with Crippen LogP contribution in [-0.2, 0) is 19.6 Å². The van der Waals surface area contributed by atoms with E-state index in [9.17, 15) is 35.2 Å². The van der Waals surface area contributed by atoms with Crippen LogP contribution in [0.25, 0.3) is 0 Å². The Morgan fingerprint density at radius 3 is 2.65 bits per heavy atom. The van der Waals surface area contributed by atoms with Crippen LogP contribution >= 0.6 is 0 Å². The summed E-state index contributed by atoms with van der Waals surface area (Å²) in [6, 6.07) is 1.44. The number of hydrogen-bond donors (Lipinski definition) is 2. The van der Waals surface area contributed by atoms with Gasteiger partial charge < -0.3 is 19.7 Å². The van der Waals surface area contributed by atoms with Gasteiger partial charge in [0.1, 0.15) is 6.04 Å². The molecule has 2 atom stereocenters. The number of nitrogens with two attached hydrogens (primary N) is 1. The first-order valence-electron chi connectivity index (χ1n) is 10.7. The van der Waals surface area contributed by atoms with Gasteiger partial charge in [-0.05, 0) is 18.2 Å². The Morgan fingerprint density at radius 1 is 1.35 bits per heavy atom. The van der Waals surface area contributed by atoms with Gasteiger partial charge in [-0.3, -0.25) is 4.79 Å². The zero-order valence-corrected chi connectivity index (χ0v) is 18.0. The number of carbonyl (C=O) groups is 1. The molecule has 1 aliphatic heterocycles. The van der Waals surface area contributed by atoms with Crippen LogP contribution in [0.1, 0.15) is 10.5 Å². The van der Waals surface area contributed by atoms with E-state index in [4.69, 9.17) is 14.0 Å². The maximum atomic E-state index is 14.6. The first kappa shape index (κ1) is 21.5. The second kappa shape index (κ2) is 8.96. The molecule has 0 saturated carbocycles. The summed E-state index contributed by atoms with van der Waals surface area (Å²) in [7, 11) is -6.89. The molecule has 1 aliphatic rings. The number of benzene rings is 1. The third-order valence-electron chi connectivity index (χ3n) is 5.27. The number of sulfonamides is 1. The Balaban J connectivity index is 2.11. The van der Waals surface area contributed by atoms with Crippen molar-refractivity contribution in [2.24, 2.45) is 5.14 Å². The molecule has 0 bridgehead atoms. The summed E-state index contributed by atoms with van der Waals surface area (Å²) >= 11 is 0. The number of anilines is 2. The molecule has 0 radical (unpaired) electrons. The third-order valence-corrected chi connectivity index (χ3v) is 6.08. The number of methoxy groups -OCH3 is 2. The Labute approximate surface area is 194 Å². The van der Waals surface area contributed by atoms with Crippen LogP contribution in [0.2, 0.25) is 0 Å². The molecule has 1 fully saturated rings. The highest BCUT2D eigenvalue weighted by Crippen LogP contribution is 2.47. The number of nitrogens with one attached hydrogen (secondary N) is 1. The number of alkyl halides is 3. The number of amides is 1. The van der Waals surface area contributed by atoms with Crippen molar-refractivity contribution in [2.45, 2.75) is 29.3 Å². The van der Waals surface area contributed by atoms with E-state index in [1.54, 1.807) is 0 Å². The molecule has 2 heterocycles. The van der Waals surface area contributed by atoms with Gasteiger partial charge in [0, 0.05) is 31.5 Å². The van der Waals surface area contributed by atoms with Crippen LogP contribution in [0.4, 0.5) is 33.3 Å². The SMILES string of the molecule is [2H]C([2H])([2H])Oc1c(N2C[C@](OC)(C(F)(F)F)C[C@H]2C(=O)Nc2ccnc(S(N)(=O)=O)c2)ccc(F)c1F. The number of nitrogens with zero attached hydrogens (tertiary/aromatic N) is 2. The minimum atomic E-state index is -5.06. The smallest absolute Gasteiger partial charge is 0.419 e. The molecule has 0 unspecified atom stereocenters. The topological polar surface area (TPSA) is 124 Å². The Kier molecular flexibility index (Phi) is 5.66. The highest BCUT2D eigenvalue weighted by atomic mass is 32.2. The van der Waals surface area contributed by atoms with Gasteiger partial charge in [-0.15, -0.1) is 0 Å². The van der Waals surface area contributed by atoms with E-state index in [1.807, 2.05) is 0 Å². The summed E-state index contributed by atoms with van der Waals surface area (Å²) in [5.74, 6) is -5.75. The van der Waals surface area contributed by atoms with Gasteiger partial charge in [-0.1, -0.05) is 0 Å². The van der Waals surface area contributed by atoms with Gasteiger partial charge in [-0.2, -0.15) is 17.6 Å². The second-order valence-corrected chi connectivity index (χ2v) is 8.78. The predicted octanol–water partition coefficient (Wildman–Crippen LogP) is 2.18. The number of pyridine rings is 1. The van der Waals surface area contributed by atoms with E-state index < -0.39 is 81.9 Å². The van der Waals surface area contributed by atoms with Crippen molar-refractivity contribution in [2.75, 3.05) is 30.9 Å². The van der Waals surface area contributed by atoms with Gasteiger partial charge in [0.2, 0.25) is 11.7 Å². The number of primary sulfonamides is 1. The first-order chi connectivity index (χ1) is 16.9. The summed E-state index contributed by atoms with van der Waals surface area (Å²) in [4.78, 5) is 17.3. The van der Waals surface area contributed by atoms with Crippen LogP contribution in [0.15, 0.2) is 35.5 Å². The summed E-state index contributed by atoms with van der Waals surface area (Å²) in [6.07, 6.45) is -5.15. The zero-order valence-electron chi connectivity index (χ0n) is 20.2. The lowest BCUT2D eigenvalue weighted by Gasteiger charge is -2.31. The molecular formula is C19H19F5N4O5S. The van der Waals surface area contributed by atoms with Gasteiger partial charge in [-0.25, -0.2) is 22.9 Å². The minimum Gasteiger partial charge on any atom is -0.491 e. The van der Waals surface area contributed by atoms with E-state index in [0.717, 1.165) is 31.5 Å². The molecule has 0 spiro atoms. The average Bonchev–Trinajstić information content (AvgIpc) is 3.17. The monoisotopic (exact) mass is 513 g/mol. The van der Waals surface area contributed by atoms with Crippen molar-refractivity contribution in [3.63, 3.8) is 0 Å². The van der Waals surface area contributed by atoms with Crippen molar-refractivity contribution >= 4 is 27.3 Å². The number of halogens is 5. The molecule has 2 aromatic rings. The van der Waals surface area contributed by atoms with Gasteiger partial charge in [0.25, 0.3) is 10.0 Å². The third kappa shape index (κ3) is 4.63. The summed E-state index contributed by atoms with van der Waals surface area (Å²) < 4.78 is 125. The summed E-state index contributed by atoms with van der Waals surface area (Å²) in [6.45, 7) is -1.13. The number of carbonyl (C=O) groups excluding carboxylic acids is 1. The number of ether oxygens (including phenoxy) is 2. The van der Waals surface area contributed by atoms with Crippen LogP contribution in [-0.4, -0.2) is 57.8 Å². The molecule has 34 heavy (non-hydrogen) atoms. The largest absolute Gasteiger partial charge is 0.491 e. The average molecular weight is 513 g/mol. The van der Waals surface area contributed by atoms with Crippen LogP contribution < -0.4 is 20.1 Å². The normalized spacial score (nSPS) is 22.6. The van der Waals surface area contributed by atoms with Crippen molar-refractivity contribution in [3.05, 3.63) is 42.1 Å². The summed E-state index contributed by atoms with van der Waals surface area (Å²) in [5, 5.41) is 6.56. The first-order valence-corrected chi connectivity index (χ1v) is 10.8. The molecule has 0 aliphatic carbocycles. The standard InChI is InChI=1S/C19H19F5N4O5S/c1-32-16-12(4-3-11(20)15(16)21)28-9-18(33-2,19(22,23)24)8-13(28)17(29)27-10-5-6-26-14(7-10)34(25,30)31/h3-7,13H,8-9H2,1-2H3,(H2,25,30,31)(H,26,27,29)/t13-,18-/m0/s1/i1D3. The zero-order chi connectivity index (χ0) is 28.0. The fraction of sp³-hybridized carbons (Fsp3) is 0.368. The number of hydrogen-bond acceptors (Lipinski definition) is 7. The van der Waals surface area contributed by atoms with E-state index >= 15 is 0 Å². The van der Waals surface area contributed by atoms with E-state index in [1.165, 1.54) is 0 Å². The van der Waals surface area contributed by atoms with Gasteiger partial charge >= 0.3 is 6.18 Å². The van der Waals surface area contributed by atoms with Crippen molar-refractivity contribution in [3.8, 4) is 5.75 Å². The highest BCUT2D eigenvalue weighted by Gasteiger charge is 2.63. The Morgan fingerprint density at radius 2 is 2.06 bits per heavy atom. The molecule has 1 aromatic heterocycles. The van der Waals surface area contributed by atoms with Crippen LogP contribution in [0.3, 0.4) is 0 Å². The van der Waals surface area contributed by atoms with E-state index in [0.29, 0.717) is 11.0 Å².